The lowest BCUT2D eigenvalue weighted by Gasteiger charge is -2.16. The van der Waals surface area contributed by atoms with Crippen molar-refractivity contribution in [1.82, 2.24) is 4.98 Å². The van der Waals surface area contributed by atoms with Crippen molar-refractivity contribution in [3.8, 4) is 0 Å². The average molecular weight is 337 g/mol. The predicted molar refractivity (Wildman–Crippen MR) is 103 cm³/mol. The molecular weight excluding hydrogens is 316 g/mol. The summed E-state index contributed by atoms with van der Waals surface area (Å²) in [5.74, 6) is 0.545. The summed E-state index contributed by atoms with van der Waals surface area (Å²) in [4.78, 5) is 4.84. The van der Waals surface area contributed by atoms with Gasteiger partial charge in [0.2, 0.25) is 0 Å². The fraction of sp³-hybridized carbons (Fsp3) is 0.286. The number of nitrogens with zero attached hydrogens (tertiary/aromatic N) is 1. The highest BCUT2D eigenvalue weighted by atomic mass is 35.5. The Morgan fingerprint density at radius 1 is 1.04 bits per heavy atom. The van der Waals surface area contributed by atoms with E-state index >= 15 is 0 Å². The van der Waals surface area contributed by atoms with Crippen molar-refractivity contribution in [2.24, 2.45) is 0 Å². The second kappa shape index (κ2) is 6.10. The van der Waals surface area contributed by atoms with Crippen LogP contribution in [0.2, 0.25) is 5.02 Å². The third-order valence-electron chi connectivity index (χ3n) is 4.82. The van der Waals surface area contributed by atoms with E-state index in [4.69, 9.17) is 16.6 Å². The quantitative estimate of drug-likeness (QED) is 0.612. The molecule has 0 radical (unpaired) electrons. The third kappa shape index (κ3) is 2.76. The van der Waals surface area contributed by atoms with Gasteiger partial charge in [-0.3, -0.25) is 4.98 Å². The first-order valence-electron chi connectivity index (χ1n) is 8.60. The van der Waals surface area contributed by atoms with Crippen LogP contribution in [0.15, 0.2) is 42.5 Å². The molecule has 3 heteroatoms. The van der Waals surface area contributed by atoms with Crippen LogP contribution in [-0.2, 0) is 12.8 Å². The SMILES string of the molecule is CC(C)c1ccc(Nc2c3c(nc4ccc(Cl)cc24)CCC3)cc1. The lowest BCUT2D eigenvalue weighted by molar-refractivity contribution is 0.867. The topological polar surface area (TPSA) is 24.9 Å². The van der Waals surface area contributed by atoms with Gasteiger partial charge in [-0.05, 0) is 66.6 Å². The maximum absolute atomic E-state index is 6.24. The van der Waals surface area contributed by atoms with Crippen LogP contribution in [0.3, 0.4) is 0 Å². The lowest BCUT2D eigenvalue weighted by Crippen LogP contribution is -2.00. The van der Waals surface area contributed by atoms with Crippen LogP contribution in [0.4, 0.5) is 11.4 Å². The molecule has 0 atom stereocenters. The van der Waals surface area contributed by atoms with Crippen LogP contribution in [-0.4, -0.2) is 4.98 Å². The smallest absolute Gasteiger partial charge is 0.0727 e. The van der Waals surface area contributed by atoms with E-state index in [-0.39, 0.29) is 0 Å². The summed E-state index contributed by atoms with van der Waals surface area (Å²) < 4.78 is 0. The molecule has 24 heavy (non-hydrogen) atoms. The number of rotatable bonds is 3. The molecule has 0 spiro atoms. The van der Waals surface area contributed by atoms with E-state index in [9.17, 15) is 0 Å². The lowest BCUT2D eigenvalue weighted by atomic mass is 10.0. The summed E-state index contributed by atoms with van der Waals surface area (Å²) >= 11 is 6.24. The Kier molecular flexibility index (Phi) is 3.93. The molecule has 0 unspecified atom stereocenters. The Labute approximate surface area is 147 Å². The summed E-state index contributed by atoms with van der Waals surface area (Å²) in [5.41, 5.74) is 7.23. The molecule has 0 aliphatic heterocycles. The van der Waals surface area contributed by atoms with Gasteiger partial charge in [-0.1, -0.05) is 37.6 Å². The molecule has 0 amide bonds. The second-order valence-electron chi connectivity index (χ2n) is 6.83. The highest BCUT2D eigenvalue weighted by molar-refractivity contribution is 6.31. The molecule has 1 aromatic heterocycles. The fourth-order valence-electron chi connectivity index (χ4n) is 3.47. The normalized spacial score (nSPS) is 13.5. The molecule has 3 aromatic rings. The summed E-state index contributed by atoms with van der Waals surface area (Å²) in [5, 5.41) is 5.50. The van der Waals surface area contributed by atoms with Gasteiger partial charge in [-0.25, -0.2) is 0 Å². The minimum Gasteiger partial charge on any atom is -0.355 e. The van der Waals surface area contributed by atoms with E-state index in [1.165, 1.54) is 28.9 Å². The first kappa shape index (κ1) is 15.5. The maximum atomic E-state index is 6.24. The number of fused-ring (bicyclic) bond motifs is 2. The molecule has 2 nitrogen and oxygen atoms in total. The Morgan fingerprint density at radius 3 is 2.58 bits per heavy atom. The summed E-state index contributed by atoms with van der Waals surface area (Å²) in [6.07, 6.45) is 3.32. The van der Waals surface area contributed by atoms with Crippen molar-refractivity contribution in [2.45, 2.75) is 39.0 Å². The van der Waals surface area contributed by atoms with Crippen molar-refractivity contribution >= 4 is 33.9 Å². The largest absolute Gasteiger partial charge is 0.355 e. The molecule has 122 valence electrons. The minimum absolute atomic E-state index is 0.545. The Hall–Kier alpha value is -2.06. The van der Waals surface area contributed by atoms with Gasteiger partial charge in [0.15, 0.2) is 0 Å². The monoisotopic (exact) mass is 336 g/mol. The van der Waals surface area contributed by atoms with E-state index in [2.05, 4.69) is 43.4 Å². The van der Waals surface area contributed by atoms with Gasteiger partial charge < -0.3 is 5.32 Å². The number of nitrogens with one attached hydrogen (secondary N) is 1. The van der Waals surface area contributed by atoms with E-state index in [0.29, 0.717) is 5.92 Å². The first-order chi connectivity index (χ1) is 11.6. The van der Waals surface area contributed by atoms with Crippen molar-refractivity contribution < 1.29 is 0 Å². The Bertz CT molecular complexity index is 898. The van der Waals surface area contributed by atoms with Gasteiger partial charge in [0, 0.05) is 21.8 Å². The van der Waals surface area contributed by atoms with E-state index in [1.54, 1.807) is 0 Å². The standard InChI is InChI=1S/C21H21ClN2/c1-13(2)14-6-9-16(10-7-14)23-21-17-4-3-5-19(17)24-20-11-8-15(22)12-18(20)21/h6-13H,3-5H2,1-2H3,(H,23,24). The van der Waals surface area contributed by atoms with Gasteiger partial charge in [0.05, 0.1) is 11.2 Å². The van der Waals surface area contributed by atoms with Crippen molar-refractivity contribution in [1.29, 1.82) is 0 Å². The fourth-order valence-corrected chi connectivity index (χ4v) is 3.64. The van der Waals surface area contributed by atoms with Crippen molar-refractivity contribution in [2.75, 3.05) is 5.32 Å². The van der Waals surface area contributed by atoms with Crippen LogP contribution < -0.4 is 5.32 Å². The van der Waals surface area contributed by atoms with Gasteiger partial charge in [0.1, 0.15) is 0 Å². The first-order valence-corrected chi connectivity index (χ1v) is 8.97. The van der Waals surface area contributed by atoms with Crippen molar-refractivity contribution in [3.05, 3.63) is 64.3 Å². The molecule has 1 aliphatic rings. The summed E-state index contributed by atoms with van der Waals surface area (Å²) in [7, 11) is 0. The van der Waals surface area contributed by atoms with E-state index < -0.39 is 0 Å². The minimum atomic E-state index is 0.545. The molecule has 0 fully saturated rings. The van der Waals surface area contributed by atoms with E-state index in [1.807, 2.05) is 18.2 Å². The van der Waals surface area contributed by atoms with E-state index in [0.717, 1.165) is 34.5 Å². The zero-order valence-corrected chi connectivity index (χ0v) is 14.8. The van der Waals surface area contributed by atoms with Gasteiger partial charge in [-0.2, -0.15) is 0 Å². The second-order valence-corrected chi connectivity index (χ2v) is 7.27. The molecular formula is C21H21ClN2. The Balaban J connectivity index is 1.81. The van der Waals surface area contributed by atoms with Crippen LogP contribution >= 0.6 is 11.6 Å². The number of hydrogen-bond donors (Lipinski definition) is 1. The van der Waals surface area contributed by atoms with Gasteiger partial charge >= 0.3 is 0 Å². The highest BCUT2D eigenvalue weighted by Gasteiger charge is 2.20. The third-order valence-corrected chi connectivity index (χ3v) is 5.06. The van der Waals surface area contributed by atoms with Gasteiger partial charge in [-0.15, -0.1) is 0 Å². The molecule has 0 bridgehead atoms. The zero-order chi connectivity index (χ0) is 16.7. The van der Waals surface area contributed by atoms with Crippen LogP contribution in [0, 0.1) is 0 Å². The van der Waals surface area contributed by atoms with Crippen LogP contribution in [0.5, 0.6) is 0 Å². The number of aryl methyl sites for hydroxylation is 1. The summed E-state index contributed by atoms with van der Waals surface area (Å²) in [6.45, 7) is 4.43. The van der Waals surface area contributed by atoms with Gasteiger partial charge in [0.25, 0.3) is 0 Å². The number of aromatic nitrogens is 1. The molecule has 1 N–H and O–H groups in total. The number of pyridine rings is 1. The summed E-state index contributed by atoms with van der Waals surface area (Å²) in [6, 6.07) is 14.7. The molecule has 0 saturated carbocycles. The predicted octanol–water partition coefficient (Wildman–Crippen LogP) is 6.24. The highest BCUT2D eigenvalue weighted by Crippen LogP contribution is 2.37. The molecule has 1 heterocycles. The number of hydrogen-bond acceptors (Lipinski definition) is 2. The molecule has 1 aliphatic carbocycles. The molecule has 0 saturated heterocycles. The average Bonchev–Trinajstić information content (AvgIpc) is 3.04. The van der Waals surface area contributed by atoms with Crippen LogP contribution in [0.1, 0.15) is 43.0 Å². The number of halogens is 1. The van der Waals surface area contributed by atoms with Crippen molar-refractivity contribution in [3.63, 3.8) is 0 Å². The molecule has 4 rings (SSSR count). The molecule has 2 aromatic carbocycles. The zero-order valence-electron chi connectivity index (χ0n) is 14.1. The Morgan fingerprint density at radius 2 is 1.83 bits per heavy atom. The maximum Gasteiger partial charge on any atom is 0.0727 e. The number of benzene rings is 2. The number of anilines is 2. The van der Waals surface area contributed by atoms with Crippen LogP contribution in [0.25, 0.3) is 10.9 Å².